The molecule has 896 valence electrons. The summed E-state index contributed by atoms with van der Waals surface area (Å²) in [6.45, 7) is 2.30. The summed E-state index contributed by atoms with van der Waals surface area (Å²) in [6, 6.07) is 10.0. The van der Waals surface area contributed by atoms with Crippen molar-refractivity contribution in [2.45, 2.75) is 6.92 Å². The third-order valence-electron chi connectivity index (χ3n) is 6.09. The standard InChI is InChI=1S/C7H7I123/c1-6-2-4-7(5-3-6)70(8)72(11)74(13)76(15)78(17)80(19)82(21)84(23)86(25)88(27)90(29)92(31)94(33)96(35)98(37)100(39)102(41)104(43)106(45)108(47)110(49)112(51)114(53)116(55)118(57)120(59)122(61)124(63)126(65)128(67)130(69)129(68)127(66)125(64)123(62)121(60)119(58)117(56)115(54)113(52)111(50)109(48)107(46)105(44)103(42)101(40)99(38)97(36)95(34)93(32)91(30)89(28)87(26)85(24)83(22)81(20)79(18)77(16)75(14)73(12)71(9)10/h2-5H,1H3. The first-order chi connectivity index (χ1) is 59.3. The van der Waals surface area contributed by atoms with Crippen LogP contribution in [0.5, 0.6) is 0 Å². The van der Waals surface area contributed by atoms with Crippen LogP contribution in [0.4, 0.5) is 0 Å². The molecule has 0 radical (unpaired) electrons. The van der Waals surface area contributed by atoms with Gasteiger partial charge in [-0.3, -0.25) is 0 Å². The van der Waals surface area contributed by atoms with E-state index < -0.39 is 486 Å². The Hall–Kier alpha value is 89.0. The van der Waals surface area contributed by atoms with E-state index in [1.807, 2.05) is 3.57 Å². The van der Waals surface area contributed by atoms with E-state index in [-0.39, 0.29) is 0 Å². The molecule has 1 aromatic rings. The maximum atomic E-state index is 3.50. The number of hydrogen-bond donors (Lipinski definition) is 0. The summed E-state index contributed by atoms with van der Waals surface area (Å²) in [5.74, 6) is 0. The van der Waals surface area contributed by atoms with Crippen LogP contribution in [-0.4, -0.2) is 0 Å². The van der Waals surface area contributed by atoms with Crippen LogP contribution in [-0.2, 0) is 0 Å². The van der Waals surface area contributed by atoms with Crippen LogP contribution in [0.15, 0.2) is 24.3 Å². The van der Waals surface area contributed by atoms with Crippen molar-refractivity contribution in [3.05, 3.63) is 33.4 Å². The van der Waals surface area contributed by atoms with Crippen LogP contribution in [0.2, 0.25) is 0 Å². The van der Waals surface area contributed by atoms with Gasteiger partial charge in [-0.15, -0.1) is 0 Å². The van der Waals surface area contributed by atoms with Crippen molar-refractivity contribution >= 4 is 1640 Å². The first kappa shape index (κ1) is 217. The van der Waals surface area contributed by atoms with E-state index in [1.54, 1.807) is 0 Å². The molecular formula is C7H7I123. The molecule has 123 heteroatoms. The molecule has 0 N–H and O–H groups in total. The predicted octanol–water partition coefficient (Wildman–Crippen LogP) is 111. The van der Waals surface area contributed by atoms with Crippen LogP contribution >= 0.6 is 1640 Å². The Labute approximate surface area is 1580 Å². The molecule has 0 aliphatic carbocycles. The molecule has 0 heterocycles. The van der Waals surface area contributed by atoms with Gasteiger partial charge >= 0.3 is 1680 Å². The van der Waals surface area contributed by atoms with E-state index in [0.29, 0.717) is 0 Å². The van der Waals surface area contributed by atoms with E-state index in [2.05, 4.69) is 1190 Å². The van der Waals surface area contributed by atoms with Gasteiger partial charge < -0.3 is 0 Å². The third kappa shape index (κ3) is 86.1. The Morgan fingerprint density at radius 3 is 0.246 bits per heavy atom. The van der Waals surface area contributed by atoms with Crippen molar-refractivity contribution in [3.63, 3.8) is 0 Å². The average Bonchev–Trinajstić information content (AvgIpc) is 0.825. The van der Waals surface area contributed by atoms with E-state index in [4.69, 9.17) is 0 Å². The Morgan fingerprint density at radius 2 is 0.169 bits per heavy atom. The van der Waals surface area contributed by atoms with Gasteiger partial charge in [0.2, 0.25) is 0 Å². The Bertz CT molecular complexity index is 3000. The normalized spacial score (nSPS) is 18.9. The summed E-state index contributed by atoms with van der Waals surface area (Å²) in [5.41, 5.74) is 1.46. The van der Waals surface area contributed by atoms with Crippen LogP contribution in [0.1, 0.15) is 5.56 Å². The summed E-state index contributed by atoms with van der Waals surface area (Å²) in [4.78, 5) is 0. The third-order valence-corrected chi connectivity index (χ3v) is 9860. The fraction of sp³-hybridized carbons (Fsp3) is 0.143. The summed E-state index contributed by atoms with van der Waals surface area (Å²) < 4.78 is 1.84. The van der Waals surface area contributed by atoms with Gasteiger partial charge in [-0.25, -0.2) is 0 Å². The molecule has 130 heavy (non-hydrogen) atoms. The van der Waals surface area contributed by atoms with Gasteiger partial charge in [-0.2, -0.15) is 0 Å². The van der Waals surface area contributed by atoms with E-state index in [1.165, 1.54) is 5.56 Å². The molecule has 0 nitrogen and oxygen atoms in total. The fourth-order valence-electron chi connectivity index (χ4n) is 2.52. The van der Waals surface area contributed by atoms with Gasteiger partial charge in [0.05, 0.1) is 0 Å². The summed E-state index contributed by atoms with van der Waals surface area (Å²) in [6.07, 6.45) is 0. The molecular weight excluding hydrogens is 15700 g/mol. The Balaban J connectivity index is 3.04. The number of aryl methyl sites for hydroxylation is 1. The van der Waals surface area contributed by atoms with Crippen molar-refractivity contribution in [1.82, 2.24) is 0 Å². The Morgan fingerprint density at radius 1 is 0.100 bits per heavy atom. The molecule has 0 bridgehead atoms. The minimum atomic E-state index is -0.946. The van der Waals surface area contributed by atoms with Crippen molar-refractivity contribution in [1.29, 1.82) is 0 Å². The van der Waals surface area contributed by atoms with Crippen molar-refractivity contribution in [2.75, 3.05) is 0 Å². The van der Waals surface area contributed by atoms with Gasteiger partial charge in [0.15, 0.2) is 0 Å². The zero-order valence-corrected chi connectivity index (χ0v) is 316. The zero-order valence-electron chi connectivity index (χ0n) is 50.8. The van der Waals surface area contributed by atoms with Gasteiger partial charge in [0.25, 0.3) is 0 Å². The SMILES string of the molecule is Cc1ccc(I(I)I(I)I(I)I(I)I(I)I(I)I(I)I(I)I(I)I(I)I(I)I(I)I(I)I(I)I(I)I(I)I(I)I(I)I(I)I(I)I(I)I(I)I(I)I(I)I(I)I(I)I(I)I(I)I(I)I(I)I(I)I(I)I(I)I(I)I(I)I(I)I(I)I(I)I(I)I(I)I(I)I(I)I(I)I(I)I(I)I(I)I(I)I(I)I(I)I(I)I(I)I(I)I(I)I(I)I(I)I(I)I(I)I(I)I(I)I(I)I(I)I)cc1. The quantitative estimate of drug-likeness (QED) is 0.0570. The van der Waals surface area contributed by atoms with Gasteiger partial charge in [0.1, 0.15) is 0 Å². The van der Waals surface area contributed by atoms with Crippen molar-refractivity contribution in [2.24, 2.45) is 0 Å². The molecule has 0 aromatic heterocycles. The first-order valence-corrected chi connectivity index (χ1v) is 788. The molecule has 0 aliphatic heterocycles. The minimum absolute atomic E-state index is 0.498. The molecule has 1 aromatic carbocycles. The average molecular weight is 15700 g/mol. The maximum absolute atomic E-state index is 3.50. The molecule has 1 rings (SSSR count). The molecule has 0 atom stereocenters. The number of halogens is 123. The second kappa shape index (κ2) is 129. The van der Waals surface area contributed by atoms with E-state index >= 15 is 0 Å². The van der Waals surface area contributed by atoms with Gasteiger partial charge in [0, 0.05) is 0 Å². The molecule has 0 amide bonds. The van der Waals surface area contributed by atoms with Crippen molar-refractivity contribution in [3.8, 4) is 0 Å². The second-order valence-electron chi connectivity index (χ2n) is 11.7. The monoisotopic (exact) mass is 15700 g/mol. The summed E-state index contributed by atoms with van der Waals surface area (Å²) in [7, 11) is -39.5. The molecule has 0 aliphatic rings. The van der Waals surface area contributed by atoms with Gasteiger partial charge in [-0.05, 0) is 0 Å². The second-order valence-corrected chi connectivity index (χ2v) is 2960. The van der Waals surface area contributed by atoms with Crippen LogP contribution in [0.25, 0.3) is 0 Å². The number of hydrogen-bond acceptors (Lipinski definition) is 0. The molecule has 0 fully saturated rings. The topological polar surface area (TPSA) is 0 Å². The van der Waals surface area contributed by atoms with E-state index in [0.717, 1.165) is 0 Å². The molecule has 0 spiro atoms. The van der Waals surface area contributed by atoms with E-state index in [9.17, 15) is 0 Å². The van der Waals surface area contributed by atoms with Crippen LogP contribution in [0, 0.1) is 10.5 Å². The van der Waals surface area contributed by atoms with Crippen LogP contribution < -0.4 is 0 Å². The Kier molecular flexibility index (Phi) is 216. The zero-order chi connectivity index (χ0) is 102. The van der Waals surface area contributed by atoms with Crippen LogP contribution in [0.3, 0.4) is 0 Å². The first-order valence-electron chi connectivity index (χ1n) is 19.9. The summed E-state index contributed by atoms with van der Waals surface area (Å²) in [5, 5.41) is 0. The predicted molar refractivity (Wildman–Crippen MR) is 1750 cm³/mol. The van der Waals surface area contributed by atoms with Crippen molar-refractivity contribution < 1.29 is 0 Å². The fourth-order valence-corrected chi connectivity index (χ4v) is 24600. The molecule has 0 saturated carbocycles. The number of benzene rings is 1. The number of rotatable bonds is 61. The summed E-state index contributed by atoms with van der Waals surface area (Å²) >= 11 is 212. The molecule has 0 saturated heterocycles. The molecule has 0 unspecified atom stereocenters. The van der Waals surface area contributed by atoms with Gasteiger partial charge in [-0.1, -0.05) is 0 Å².